The number of methoxy groups -OCH3 is 1. The Hall–Kier alpha value is -1.78. The lowest BCUT2D eigenvalue weighted by molar-refractivity contribution is -0.144. The van der Waals surface area contributed by atoms with Gasteiger partial charge in [0.2, 0.25) is 0 Å². The molecule has 1 aromatic rings. The molecule has 0 fully saturated rings. The van der Waals surface area contributed by atoms with Gasteiger partial charge in [0, 0.05) is 6.07 Å². The van der Waals surface area contributed by atoms with E-state index in [9.17, 15) is 9.18 Å². The number of carbonyl (C=O) groups is 1. The second kappa shape index (κ2) is 6.83. The highest BCUT2D eigenvalue weighted by Gasteiger charge is 2.12. The van der Waals surface area contributed by atoms with Crippen LogP contribution >= 0.6 is 0 Å². The summed E-state index contributed by atoms with van der Waals surface area (Å²) in [5.74, 6) is -0.220. The summed E-state index contributed by atoms with van der Waals surface area (Å²) in [7, 11) is 1.38. The smallest absolute Gasteiger partial charge is 0.309 e. The van der Waals surface area contributed by atoms with E-state index in [0.717, 1.165) is 0 Å². The van der Waals surface area contributed by atoms with E-state index in [1.54, 1.807) is 13.8 Å². The maximum absolute atomic E-state index is 13.2. The second-order valence-electron chi connectivity index (χ2n) is 3.73. The van der Waals surface area contributed by atoms with Crippen molar-refractivity contribution in [2.45, 2.75) is 26.4 Å². The number of esters is 1. The van der Waals surface area contributed by atoms with Gasteiger partial charge in [-0.3, -0.25) is 4.79 Å². The lowest BCUT2D eigenvalue weighted by Crippen LogP contribution is -2.18. The van der Waals surface area contributed by atoms with Crippen LogP contribution in [-0.4, -0.2) is 25.8 Å². The van der Waals surface area contributed by atoms with Gasteiger partial charge in [0.25, 0.3) is 0 Å². The Bertz CT molecular complexity index is 406. The van der Waals surface area contributed by atoms with Crippen LogP contribution in [0.3, 0.4) is 0 Å². The van der Waals surface area contributed by atoms with E-state index in [1.165, 1.54) is 25.3 Å². The third kappa shape index (κ3) is 4.24. The molecule has 1 aromatic carbocycles. The number of ether oxygens (including phenoxy) is 3. The Morgan fingerprint density at radius 2 is 2.17 bits per heavy atom. The molecule has 0 aliphatic heterocycles. The maximum atomic E-state index is 13.2. The quantitative estimate of drug-likeness (QED) is 0.734. The van der Waals surface area contributed by atoms with Gasteiger partial charge in [-0.2, -0.15) is 0 Å². The van der Waals surface area contributed by atoms with Gasteiger partial charge in [-0.25, -0.2) is 4.39 Å². The predicted molar refractivity (Wildman–Crippen MR) is 64.3 cm³/mol. The van der Waals surface area contributed by atoms with Gasteiger partial charge in [0.05, 0.1) is 20.1 Å². The molecule has 0 heterocycles. The fourth-order valence-electron chi connectivity index (χ4n) is 1.44. The summed E-state index contributed by atoms with van der Waals surface area (Å²) in [6, 6.07) is 4.18. The molecule has 18 heavy (non-hydrogen) atoms. The van der Waals surface area contributed by atoms with Crippen LogP contribution in [0.15, 0.2) is 18.2 Å². The first-order valence-corrected chi connectivity index (χ1v) is 5.72. The van der Waals surface area contributed by atoms with Crippen LogP contribution in [0.25, 0.3) is 0 Å². The highest BCUT2D eigenvalue weighted by atomic mass is 19.1. The van der Waals surface area contributed by atoms with Crippen molar-refractivity contribution in [3.63, 3.8) is 0 Å². The number of benzene rings is 1. The highest BCUT2D eigenvalue weighted by Crippen LogP contribution is 2.24. The van der Waals surface area contributed by atoms with Crippen molar-refractivity contribution in [1.29, 1.82) is 0 Å². The van der Waals surface area contributed by atoms with E-state index >= 15 is 0 Å². The molecule has 0 saturated heterocycles. The van der Waals surface area contributed by atoms with Crippen LogP contribution in [0.5, 0.6) is 11.5 Å². The first kappa shape index (κ1) is 14.3. The van der Waals surface area contributed by atoms with Crippen LogP contribution in [0.1, 0.15) is 20.3 Å². The topological polar surface area (TPSA) is 44.8 Å². The summed E-state index contributed by atoms with van der Waals surface area (Å²) >= 11 is 0. The van der Waals surface area contributed by atoms with Gasteiger partial charge in [0.1, 0.15) is 11.9 Å². The van der Waals surface area contributed by atoms with Crippen LogP contribution in [-0.2, 0) is 9.53 Å². The SMILES string of the molecule is CCOC(=O)CC(C)Oc1ccc(F)c(OC)c1. The Labute approximate surface area is 106 Å². The third-order valence-electron chi connectivity index (χ3n) is 2.22. The molecule has 0 bridgehead atoms. The molecule has 4 nitrogen and oxygen atoms in total. The minimum absolute atomic E-state index is 0.107. The van der Waals surface area contributed by atoms with Crippen molar-refractivity contribution in [2.24, 2.45) is 0 Å². The maximum Gasteiger partial charge on any atom is 0.309 e. The van der Waals surface area contributed by atoms with Crippen molar-refractivity contribution in [3.05, 3.63) is 24.0 Å². The molecule has 5 heteroatoms. The van der Waals surface area contributed by atoms with Gasteiger partial charge in [-0.05, 0) is 26.0 Å². The molecule has 0 aromatic heterocycles. The van der Waals surface area contributed by atoms with Gasteiger partial charge in [0.15, 0.2) is 11.6 Å². The fourth-order valence-corrected chi connectivity index (χ4v) is 1.44. The standard InChI is InChI=1S/C13H17FO4/c1-4-17-13(15)7-9(2)18-10-5-6-11(14)12(8-10)16-3/h5-6,8-9H,4,7H2,1-3H3. The molecule has 0 N–H and O–H groups in total. The largest absolute Gasteiger partial charge is 0.494 e. The molecule has 0 amide bonds. The molecule has 0 radical (unpaired) electrons. The summed E-state index contributed by atoms with van der Waals surface area (Å²) in [5, 5.41) is 0. The number of hydrogen-bond acceptors (Lipinski definition) is 4. The van der Waals surface area contributed by atoms with Crippen molar-refractivity contribution in [1.82, 2.24) is 0 Å². The molecule has 0 aliphatic rings. The van der Waals surface area contributed by atoms with Crippen molar-refractivity contribution in [2.75, 3.05) is 13.7 Å². The fraction of sp³-hybridized carbons (Fsp3) is 0.462. The van der Waals surface area contributed by atoms with Crippen molar-refractivity contribution < 1.29 is 23.4 Å². The Morgan fingerprint density at radius 3 is 2.78 bits per heavy atom. The zero-order valence-corrected chi connectivity index (χ0v) is 10.7. The molecule has 0 saturated carbocycles. The first-order chi connectivity index (χ1) is 8.56. The molecule has 0 aliphatic carbocycles. The molecular weight excluding hydrogens is 239 g/mol. The van der Waals surface area contributed by atoms with Gasteiger partial charge in [-0.1, -0.05) is 0 Å². The normalized spacial score (nSPS) is 11.8. The van der Waals surface area contributed by atoms with E-state index in [1.807, 2.05) is 0 Å². The third-order valence-corrected chi connectivity index (χ3v) is 2.22. The van der Waals surface area contributed by atoms with Gasteiger partial charge in [-0.15, -0.1) is 0 Å². The van der Waals surface area contributed by atoms with E-state index in [-0.39, 0.29) is 24.2 Å². The minimum atomic E-state index is -0.456. The zero-order valence-electron chi connectivity index (χ0n) is 10.7. The van der Waals surface area contributed by atoms with E-state index in [0.29, 0.717) is 12.4 Å². The molecular formula is C13H17FO4. The second-order valence-corrected chi connectivity index (χ2v) is 3.73. The molecule has 100 valence electrons. The zero-order chi connectivity index (χ0) is 13.5. The minimum Gasteiger partial charge on any atom is -0.494 e. The van der Waals surface area contributed by atoms with E-state index in [4.69, 9.17) is 14.2 Å². The van der Waals surface area contributed by atoms with Gasteiger partial charge < -0.3 is 14.2 Å². The summed E-state index contributed by atoms with van der Waals surface area (Å²) in [6.07, 6.45) is -0.202. The summed E-state index contributed by atoms with van der Waals surface area (Å²) in [5.41, 5.74) is 0. The lowest BCUT2D eigenvalue weighted by atomic mass is 10.2. The molecule has 1 unspecified atom stereocenters. The molecule has 1 atom stereocenters. The number of hydrogen-bond donors (Lipinski definition) is 0. The Morgan fingerprint density at radius 1 is 1.44 bits per heavy atom. The number of rotatable bonds is 6. The summed E-state index contributed by atoms with van der Waals surface area (Å²) in [4.78, 5) is 11.2. The van der Waals surface area contributed by atoms with E-state index in [2.05, 4.69) is 0 Å². The average Bonchev–Trinajstić information content (AvgIpc) is 2.31. The highest BCUT2D eigenvalue weighted by molar-refractivity contribution is 5.69. The van der Waals surface area contributed by atoms with Crippen LogP contribution in [0.4, 0.5) is 4.39 Å². The first-order valence-electron chi connectivity index (χ1n) is 5.72. The Balaban J connectivity index is 2.59. The lowest BCUT2D eigenvalue weighted by Gasteiger charge is -2.14. The monoisotopic (exact) mass is 256 g/mol. The van der Waals surface area contributed by atoms with Crippen LogP contribution in [0.2, 0.25) is 0 Å². The summed E-state index contributed by atoms with van der Waals surface area (Å²) in [6.45, 7) is 3.83. The van der Waals surface area contributed by atoms with Crippen LogP contribution < -0.4 is 9.47 Å². The van der Waals surface area contributed by atoms with Crippen molar-refractivity contribution >= 4 is 5.97 Å². The van der Waals surface area contributed by atoms with Crippen molar-refractivity contribution in [3.8, 4) is 11.5 Å². The predicted octanol–water partition coefficient (Wildman–Crippen LogP) is 2.55. The number of carbonyl (C=O) groups excluding carboxylic acids is 1. The van der Waals surface area contributed by atoms with Crippen LogP contribution in [0, 0.1) is 5.82 Å². The summed E-state index contributed by atoms with van der Waals surface area (Å²) < 4.78 is 28.3. The Kier molecular flexibility index (Phi) is 5.42. The van der Waals surface area contributed by atoms with Gasteiger partial charge >= 0.3 is 5.97 Å². The van der Waals surface area contributed by atoms with E-state index < -0.39 is 5.82 Å². The molecule has 0 spiro atoms. The number of halogens is 1. The average molecular weight is 256 g/mol. The molecule has 1 rings (SSSR count).